The topological polar surface area (TPSA) is 59.0 Å². The lowest BCUT2D eigenvalue weighted by atomic mass is 9.63. The number of benzene rings is 3. The van der Waals surface area contributed by atoms with Crippen LogP contribution in [-0.4, -0.2) is 23.0 Å². The van der Waals surface area contributed by atoms with Gasteiger partial charge >= 0.3 is 0 Å². The van der Waals surface area contributed by atoms with Crippen LogP contribution in [0.5, 0.6) is 5.75 Å². The molecular formula is C28H23ClN2O3. The highest BCUT2D eigenvalue weighted by atomic mass is 35.5. The van der Waals surface area contributed by atoms with Crippen LogP contribution < -0.4 is 4.74 Å². The van der Waals surface area contributed by atoms with E-state index in [4.69, 9.17) is 16.3 Å². The Hall–Kier alpha value is -3.44. The van der Waals surface area contributed by atoms with Crippen molar-refractivity contribution in [2.24, 2.45) is 28.8 Å². The van der Waals surface area contributed by atoms with Gasteiger partial charge in [0.05, 0.1) is 18.1 Å². The molecule has 0 radical (unpaired) electrons. The van der Waals surface area contributed by atoms with E-state index in [1.165, 1.54) is 0 Å². The fourth-order valence-electron chi connectivity index (χ4n) is 5.56. The zero-order valence-electron chi connectivity index (χ0n) is 18.4. The Morgan fingerprint density at radius 2 is 1.59 bits per heavy atom. The minimum absolute atomic E-state index is 0.141. The number of rotatable bonds is 5. The van der Waals surface area contributed by atoms with Gasteiger partial charge < -0.3 is 4.74 Å². The molecule has 1 saturated heterocycles. The third kappa shape index (κ3) is 3.51. The molecule has 0 N–H and O–H groups in total. The molecule has 4 aliphatic rings. The van der Waals surface area contributed by atoms with Crippen LogP contribution in [0, 0.1) is 23.7 Å². The van der Waals surface area contributed by atoms with Crippen molar-refractivity contribution in [3.8, 4) is 5.75 Å². The van der Waals surface area contributed by atoms with E-state index in [2.05, 4.69) is 17.3 Å². The Bertz CT molecular complexity index is 1320. The predicted molar refractivity (Wildman–Crippen MR) is 132 cm³/mol. The number of nitrogens with zero attached hydrogens (tertiary/aromatic N) is 2. The van der Waals surface area contributed by atoms with Gasteiger partial charge in [0.1, 0.15) is 12.4 Å². The molecule has 6 heteroatoms. The SMILES string of the molecule is O=C1[C@@H]2[C@H](C(=O)N1/N=C\c1c(OCc3ccc(Cl)cc3)ccc3ccccc13)[C@H]1C=C[C@H]2CC1. The first-order valence-corrected chi connectivity index (χ1v) is 12.0. The Balaban J connectivity index is 1.32. The summed E-state index contributed by atoms with van der Waals surface area (Å²) in [7, 11) is 0. The first-order valence-electron chi connectivity index (χ1n) is 11.6. The van der Waals surface area contributed by atoms with Crippen LogP contribution in [0.1, 0.15) is 24.0 Å². The molecule has 0 spiro atoms. The molecule has 3 aliphatic carbocycles. The summed E-state index contributed by atoms with van der Waals surface area (Å²) in [4.78, 5) is 26.3. The molecule has 3 aromatic rings. The van der Waals surface area contributed by atoms with Gasteiger partial charge in [-0.3, -0.25) is 9.59 Å². The van der Waals surface area contributed by atoms with E-state index in [1.54, 1.807) is 6.21 Å². The Morgan fingerprint density at radius 3 is 2.26 bits per heavy atom. The van der Waals surface area contributed by atoms with Crippen molar-refractivity contribution in [1.29, 1.82) is 0 Å². The van der Waals surface area contributed by atoms with Crippen molar-refractivity contribution in [2.75, 3.05) is 0 Å². The lowest BCUT2D eigenvalue weighted by Gasteiger charge is -2.37. The second-order valence-electron chi connectivity index (χ2n) is 9.19. The van der Waals surface area contributed by atoms with Gasteiger partial charge in [-0.05, 0) is 59.2 Å². The number of imide groups is 1. The minimum Gasteiger partial charge on any atom is -0.488 e. The fourth-order valence-corrected chi connectivity index (χ4v) is 5.69. The van der Waals surface area contributed by atoms with Crippen molar-refractivity contribution in [3.05, 3.63) is 89.0 Å². The molecule has 3 aromatic carbocycles. The summed E-state index contributed by atoms with van der Waals surface area (Å²) < 4.78 is 6.15. The maximum atomic E-state index is 13.2. The fraction of sp³-hybridized carbons (Fsp3) is 0.250. The second kappa shape index (κ2) is 8.41. The molecule has 1 aliphatic heterocycles. The summed E-state index contributed by atoms with van der Waals surface area (Å²) >= 11 is 5.99. The standard InChI is InChI=1S/C28H23ClN2O3/c29-21-12-5-17(6-13-21)16-34-24-14-11-18-3-1-2-4-22(18)23(24)15-30-31-27(32)25-19-7-8-20(10-9-19)26(25)28(31)33/h1-8,11-15,19-20,25-26H,9-10,16H2/b30-15-/t19-,20-,25-,26+/m0/s1. The number of amides is 2. The Labute approximate surface area is 202 Å². The molecule has 170 valence electrons. The summed E-state index contributed by atoms with van der Waals surface area (Å²) in [6.07, 6.45) is 7.75. The van der Waals surface area contributed by atoms with Crippen LogP contribution in [0.15, 0.2) is 77.9 Å². The summed E-state index contributed by atoms with van der Waals surface area (Å²) in [5.74, 6) is -0.00739. The van der Waals surface area contributed by atoms with E-state index in [0.29, 0.717) is 17.4 Å². The van der Waals surface area contributed by atoms with E-state index in [-0.39, 0.29) is 35.5 Å². The zero-order chi connectivity index (χ0) is 23.2. The maximum absolute atomic E-state index is 13.2. The number of hydrazone groups is 1. The number of hydrogen-bond donors (Lipinski definition) is 0. The monoisotopic (exact) mass is 470 g/mol. The van der Waals surface area contributed by atoms with Crippen LogP contribution >= 0.6 is 11.6 Å². The number of ether oxygens (including phenoxy) is 1. The highest BCUT2D eigenvalue weighted by molar-refractivity contribution is 6.30. The molecule has 2 amide bonds. The normalized spacial score (nSPS) is 25.5. The van der Waals surface area contributed by atoms with Crippen molar-refractivity contribution < 1.29 is 14.3 Å². The predicted octanol–water partition coefficient (Wildman–Crippen LogP) is 5.60. The highest BCUT2D eigenvalue weighted by Crippen LogP contribution is 2.49. The molecule has 5 nitrogen and oxygen atoms in total. The number of carbonyl (C=O) groups excluding carboxylic acids is 2. The van der Waals surface area contributed by atoms with Crippen molar-refractivity contribution in [3.63, 3.8) is 0 Å². The minimum atomic E-state index is -0.276. The number of carbonyl (C=O) groups is 2. The third-order valence-corrected chi connectivity index (χ3v) is 7.53. The summed E-state index contributed by atoms with van der Waals surface area (Å²) in [5.41, 5.74) is 1.72. The van der Waals surface area contributed by atoms with Crippen LogP contribution in [0.25, 0.3) is 10.8 Å². The zero-order valence-corrected chi connectivity index (χ0v) is 19.2. The highest BCUT2D eigenvalue weighted by Gasteiger charge is 2.56. The van der Waals surface area contributed by atoms with Gasteiger partial charge in [0.15, 0.2) is 0 Å². The molecule has 4 atom stereocenters. The maximum Gasteiger partial charge on any atom is 0.254 e. The van der Waals surface area contributed by atoms with E-state index in [9.17, 15) is 9.59 Å². The molecular weight excluding hydrogens is 448 g/mol. The van der Waals surface area contributed by atoms with Gasteiger partial charge in [-0.2, -0.15) is 10.1 Å². The molecule has 2 bridgehead atoms. The second-order valence-corrected chi connectivity index (χ2v) is 9.62. The van der Waals surface area contributed by atoms with Crippen molar-refractivity contribution in [1.82, 2.24) is 5.01 Å². The van der Waals surface area contributed by atoms with Crippen molar-refractivity contribution >= 4 is 40.4 Å². The van der Waals surface area contributed by atoms with E-state index >= 15 is 0 Å². The van der Waals surface area contributed by atoms with Crippen LogP contribution in [0.4, 0.5) is 0 Å². The average molecular weight is 471 g/mol. The molecule has 1 heterocycles. The number of hydrogen-bond acceptors (Lipinski definition) is 4. The molecule has 2 fully saturated rings. The Kier molecular flexibility index (Phi) is 5.22. The largest absolute Gasteiger partial charge is 0.488 e. The van der Waals surface area contributed by atoms with E-state index in [1.807, 2.05) is 60.7 Å². The molecule has 0 unspecified atom stereocenters. The Morgan fingerprint density at radius 1 is 0.912 bits per heavy atom. The molecule has 1 saturated carbocycles. The van der Waals surface area contributed by atoms with Crippen LogP contribution in [0.2, 0.25) is 5.02 Å². The number of fused-ring (bicyclic) bond motifs is 2. The number of halogens is 1. The van der Waals surface area contributed by atoms with Crippen LogP contribution in [0.3, 0.4) is 0 Å². The van der Waals surface area contributed by atoms with Gasteiger partial charge in [-0.25, -0.2) is 0 Å². The molecule has 34 heavy (non-hydrogen) atoms. The summed E-state index contributed by atoms with van der Waals surface area (Å²) in [5, 5.41) is 8.17. The molecule has 0 aromatic heterocycles. The smallest absolute Gasteiger partial charge is 0.254 e. The van der Waals surface area contributed by atoms with Crippen LogP contribution in [-0.2, 0) is 16.2 Å². The van der Waals surface area contributed by atoms with Crippen molar-refractivity contribution in [2.45, 2.75) is 19.4 Å². The number of allylic oxidation sites excluding steroid dienone is 2. The third-order valence-electron chi connectivity index (χ3n) is 7.28. The van der Waals surface area contributed by atoms with Gasteiger partial charge in [-0.1, -0.05) is 66.2 Å². The van der Waals surface area contributed by atoms with E-state index in [0.717, 1.165) is 39.7 Å². The quantitative estimate of drug-likeness (QED) is 0.277. The lowest BCUT2D eigenvalue weighted by molar-refractivity contribution is -0.140. The van der Waals surface area contributed by atoms with Gasteiger partial charge in [-0.15, -0.1) is 0 Å². The van der Waals surface area contributed by atoms with Gasteiger partial charge in [0.2, 0.25) is 0 Å². The van der Waals surface area contributed by atoms with Gasteiger partial charge in [0, 0.05) is 10.6 Å². The summed E-state index contributed by atoms with van der Waals surface area (Å²) in [6.45, 7) is 0.358. The average Bonchev–Trinajstić information content (AvgIpc) is 3.15. The molecule has 7 rings (SSSR count). The van der Waals surface area contributed by atoms with Gasteiger partial charge in [0.25, 0.3) is 11.8 Å². The first kappa shape index (κ1) is 21.1. The van der Waals surface area contributed by atoms with E-state index < -0.39 is 0 Å². The summed E-state index contributed by atoms with van der Waals surface area (Å²) in [6, 6.07) is 19.3. The lowest BCUT2D eigenvalue weighted by Crippen LogP contribution is -2.38. The first-order chi connectivity index (χ1) is 16.6.